The molecule has 1 aliphatic rings. The van der Waals surface area contributed by atoms with Gasteiger partial charge in [-0.05, 0) is 27.7 Å². The quantitative estimate of drug-likeness (QED) is 0.746. The molecule has 1 aromatic heterocycles. The van der Waals surface area contributed by atoms with E-state index in [0.717, 1.165) is 0 Å². The van der Waals surface area contributed by atoms with Gasteiger partial charge in [0.05, 0.1) is 17.4 Å². The molecule has 0 N–H and O–H groups in total. The average molecular weight is 245 g/mol. The van der Waals surface area contributed by atoms with Crippen LogP contribution in [0.2, 0.25) is 0 Å². The third-order valence-electron chi connectivity index (χ3n) is 3.21. The zero-order valence-electron chi connectivity index (χ0n) is 10.2. The normalized spacial score (nSPS) is 22.4. The molecule has 1 aliphatic heterocycles. The molecule has 0 radical (unpaired) electrons. The van der Waals surface area contributed by atoms with Gasteiger partial charge < -0.3 is 13.7 Å². The Hall–Kier alpha value is -0.945. The minimum Gasteiger partial charge on any atom is -0.444 e. The van der Waals surface area contributed by atoms with Crippen molar-refractivity contribution in [3.8, 4) is 0 Å². The van der Waals surface area contributed by atoms with Crippen molar-refractivity contribution in [2.24, 2.45) is 0 Å². The second-order valence-corrected chi connectivity index (χ2v) is 4.99. The molecule has 0 saturated carbocycles. The molecule has 0 spiro atoms. The number of hydrogen-bond acceptors (Lipinski definition) is 4. The predicted octanol–water partition coefficient (Wildman–Crippen LogP) is 1.91. The van der Waals surface area contributed by atoms with E-state index in [4.69, 9.17) is 13.7 Å². The lowest BCUT2D eigenvalue weighted by Gasteiger charge is -2.32. The van der Waals surface area contributed by atoms with Crippen molar-refractivity contribution >= 4 is 12.8 Å². The molecule has 0 aromatic carbocycles. The van der Waals surface area contributed by atoms with Crippen LogP contribution in [-0.4, -0.2) is 23.3 Å². The topological polar surface area (TPSA) is 44.5 Å². The third kappa shape index (κ3) is 2.09. The summed E-state index contributed by atoms with van der Waals surface area (Å²) >= 11 is 0. The van der Waals surface area contributed by atoms with Crippen LogP contribution >= 0.6 is 0 Å². The van der Waals surface area contributed by atoms with E-state index in [1.807, 2.05) is 27.7 Å². The predicted molar refractivity (Wildman–Crippen MR) is 57.2 cm³/mol. The third-order valence-corrected chi connectivity index (χ3v) is 3.21. The maximum absolute atomic E-state index is 12.3. The number of oxazole rings is 1. The van der Waals surface area contributed by atoms with Crippen LogP contribution in [-0.2, 0) is 9.31 Å². The number of nitrogens with zero attached hydrogens (tertiary/aromatic N) is 1. The molecular formula is C10H14BF2NO3. The van der Waals surface area contributed by atoms with E-state index in [0.29, 0.717) is 0 Å². The Morgan fingerprint density at radius 1 is 1.18 bits per heavy atom. The van der Waals surface area contributed by atoms with Gasteiger partial charge in [-0.2, -0.15) is 8.78 Å². The number of halogens is 2. The van der Waals surface area contributed by atoms with Crippen LogP contribution < -0.4 is 5.66 Å². The summed E-state index contributed by atoms with van der Waals surface area (Å²) < 4.78 is 40.9. The van der Waals surface area contributed by atoms with Crippen LogP contribution in [0.25, 0.3) is 0 Å². The molecule has 0 bridgehead atoms. The van der Waals surface area contributed by atoms with Gasteiger partial charge in [0.2, 0.25) is 0 Å². The van der Waals surface area contributed by atoms with Crippen LogP contribution in [0, 0.1) is 0 Å². The van der Waals surface area contributed by atoms with E-state index in [1.165, 1.54) is 6.20 Å². The van der Waals surface area contributed by atoms with Crippen molar-refractivity contribution < 1.29 is 22.5 Å². The SMILES string of the molecule is CC1(C)OB(c2cnc(C(F)F)o2)OC1(C)C. The van der Waals surface area contributed by atoms with Gasteiger partial charge in [0, 0.05) is 0 Å². The maximum Gasteiger partial charge on any atom is 0.534 e. The molecule has 4 nitrogen and oxygen atoms in total. The van der Waals surface area contributed by atoms with Crippen molar-refractivity contribution in [3.05, 3.63) is 12.1 Å². The summed E-state index contributed by atoms with van der Waals surface area (Å²) in [6, 6.07) is 0. The summed E-state index contributed by atoms with van der Waals surface area (Å²) in [4.78, 5) is 3.48. The second kappa shape index (κ2) is 3.78. The van der Waals surface area contributed by atoms with Crippen LogP contribution in [0.4, 0.5) is 8.78 Å². The van der Waals surface area contributed by atoms with Gasteiger partial charge in [-0.3, -0.25) is 0 Å². The van der Waals surface area contributed by atoms with Crippen LogP contribution in [0.15, 0.2) is 10.6 Å². The minimum atomic E-state index is -2.73. The van der Waals surface area contributed by atoms with Gasteiger partial charge >= 0.3 is 13.5 Å². The van der Waals surface area contributed by atoms with Gasteiger partial charge in [-0.25, -0.2) is 4.98 Å². The first-order valence-electron chi connectivity index (χ1n) is 5.32. The fourth-order valence-electron chi connectivity index (χ4n) is 1.47. The second-order valence-electron chi connectivity index (χ2n) is 4.99. The highest BCUT2D eigenvalue weighted by molar-refractivity contribution is 6.60. The molecule has 1 saturated heterocycles. The van der Waals surface area contributed by atoms with Crippen molar-refractivity contribution in [2.75, 3.05) is 0 Å². The lowest BCUT2D eigenvalue weighted by Crippen LogP contribution is -2.41. The summed E-state index contributed by atoms with van der Waals surface area (Å²) in [6.45, 7) is 7.49. The monoisotopic (exact) mass is 245 g/mol. The Kier molecular flexibility index (Phi) is 2.78. The Morgan fingerprint density at radius 3 is 2.12 bits per heavy atom. The van der Waals surface area contributed by atoms with Crippen molar-refractivity contribution in [2.45, 2.75) is 45.3 Å². The molecule has 0 aliphatic carbocycles. The number of hydrogen-bond donors (Lipinski definition) is 0. The van der Waals surface area contributed by atoms with Crippen LogP contribution in [0.5, 0.6) is 0 Å². The smallest absolute Gasteiger partial charge is 0.444 e. The lowest BCUT2D eigenvalue weighted by atomic mass is 9.87. The standard InChI is InChI=1S/C10H14BF2NO3/c1-9(2)10(3,4)17-11(16-9)6-5-14-8(15-6)7(12)13/h5,7H,1-4H3. The van der Waals surface area contributed by atoms with Gasteiger partial charge in [-0.1, -0.05) is 0 Å². The first-order chi connectivity index (χ1) is 7.73. The summed E-state index contributed by atoms with van der Waals surface area (Å²) in [5.74, 6) is -0.616. The zero-order chi connectivity index (χ0) is 12.8. The molecule has 2 rings (SSSR count). The Labute approximate surface area is 98.4 Å². The average Bonchev–Trinajstić information content (AvgIpc) is 2.70. The Balaban J connectivity index is 2.20. The summed E-state index contributed by atoms with van der Waals surface area (Å²) in [6.07, 6.45) is -1.52. The van der Waals surface area contributed by atoms with Gasteiger partial charge in [-0.15, -0.1) is 0 Å². The van der Waals surface area contributed by atoms with Gasteiger partial charge in [0.25, 0.3) is 5.89 Å². The van der Waals surface area contributed by atoms with Crippen molar-refractivity contribution in [3.63, 3.8) is 0 Å². The van der Waals surface area contributed by atoms with E-state index in [9.17, 15) is 8.78 Å². The van der Waals surface area contributed by atoms with Crippen molar-refractivity contribution in [1.29, 1.82) is 0 Å². The molecule has 94 valence electrons. The molecule has 7 heteroatoms. The molecule has 17 heavy (non-hydrogen) atoms. The maximum atomic E-state index is 12.3. The molecular weight excluding hydrogens is 231 g/mol. The summed E-state index contributed by atoms with van der Waals surface area (Å²) in [5, 5.41) is 0. The van der Waals surface area contributed by atoms with Gasteiger partial charge in [0.15, 0.2) is 5.66 Å². The molecule has 0 unspecified atom stereocenters. The lowest BCUT2D eigenvalue weighted by molar-refractivity contribution is 0.00578. The highest BCUT2D eigenvalue weighted by atomic mass is 19.3. The highest BCUT2D eigenvalue weighted by Gasteiger charge is 2.53. The van der Waals surface area contributed by atoms with Gasteiger partial charge in [0.1, 0.15) is 0 Å². The minimum absolute atomic E-state index is 0.166. The Morgan fingerprint density at radius 2 is 1.71 bits per heavy atom. The molecule has 0 amide bonds. The van der Waals surface area contributed by atoms with E-state index in [2.05, 4.69) is 4.98 Å². The molecule has 1 aromatic rings. The van der Waals surface area contributed by atoms with E-state index >= 15 is 0 Å². The molecule has 2 heterocycles. The largest absolute Gasteiger partial charge is 0.534 e. The highest BCUT2D eigenvalue weighted by Crippen LogP contribution is 2.36. The van der Waals surface area contributed by atoms with Crippen molar-refractivity contribution in [1.82, 2.24) is 4.98 Å². The summed E-state index contributed by atoms with van der Waals surface area (Å²) in [7, 11) is -0.792. The molecule has 1 fully saturated rings. The van der Waals surface area contributed by atoms with Crippen LogP contribution in [0.1, 0.15) is 40.0 Å². The Bertz CT molecular complexity index is 403. The number of rotatable bonds is 2. The first-order valence-corrected chi connectivity index (χ1v) is 5.32. The van der Waals surface area contributed by atoms with E-state index in [-0.39, 0.29) is 5.66 Å². The van der Waals surface area contributed by atoms with Crippen LogP contribution in [0.3, 0.4) is 0 Å². The number of alkyl halides is 2. The zero-order valence-corrected chi connectivity index (χ0v) is 10.2. The van der Waals surface area contributed by atoms with E-state index < -0.39 is 30.6 Å². The van der Waals surface area contributed by atoms with E-state index in [1.54, 1.807) is 0 Å². The summed E-state index contributed by atoms with van der Waals surface area (Å²) in [5.41, 5.74) is -0.899. The first kappa shape index (κ1) is 12.5. The number of aromatic nitrogens is 1. The fourth-order valence-corrected chi connectivity index (χ4v) is 1.47. The molecule has 0 atom stereocenters. The fraction of sp³-hybridized carbons (Fsp3) is 0.700.